The predicted octanol–water partition coefficient (Wildman–Crippen LogP) is 2.25. The van der Waals surface area contributed by atoms with Crippen molar-refractivity contribution in [3.05, 3.63) is 24.3 Å². The van der Waals surface area contributed by atoms with E-state index in [0.717, 1.165) is 29.2 Å². The van der Waals surface area contributed by atoms with Gasteiger partial charge in [-0.1, -0.05) is 0 Å². The molecule has 0 saturated carbocycles. The van der Waals surface area contributed by atoms with Gasteiger partial charge in [0.25, 0.3) is 0 Å². The molecule has 30 heavy (non-hydrogen) atoms. The molecule has 7 nitrogen and oxygen atoms in total. The van der Waals surface area contributed by atoms with Gasteiger partial charge in [0.2, 0.25) is 15.9 Å². The summed E-state index contributed by atoms with van der Waals surface area (Å²) < 4.78 is 103. The fourth-order valence-electron chi connectivity index (χ4n) is 2.25. The molecule has 1 rings (SSSR count). The number of sulfonamides is 1. The summed E-state index contributed by atoms with van der Waals surface area (Å²) in [5.41, 5.74) is 0. The van der Waals surface area contributed by atoms with Crippen LogP contribution in [0.4, 0.5) is 26.3 Å². The van der Waals surface area contributed by atoms with Gasteiger partial charge < -0.3 is 10.1 Å². The van der Waals surface area contributed by atoms with Gasteiger partial charge in [-0.15, -0.1) is 13.2 Å². The summed E-state index contributed by atoms with van der Waals surface area (Å²) in [5.74, 6) is -1.09. The second-order valence-corrected chi connectivity index (χ2v) is 7.99. The Morgan fingerprint density at radius 2 is 1.67 bits per heavy atom. The number of amides is 1. The highest BCUT2D eigenvalue weighted by Gasteiger charge is 2.31. The molecule has 0 spiro atoms. The highest BCUT2D eigenvalue weighted by molar-refractivity contribution is 7.89. The second-order valence-electron chi connectivity index (χ2n) is 6.22. The number of carbonyl (C=O) groups excluding carboxylic acids is 1. The van der Waals surface area contributed by atoms with Crippen LogP contribution in [-0.4, -0.2) is 65.0 Å². The van der Waals surface area contributed by atoms with Crippen molar-refractivity contribution in [2.45, 2.75) is 30.3 Å². The van der Waals surface area contributed by atoms with Crippen molar-refractivity contribution in [2.24, 2.45) is 0 Å². The molecule has 1 aromatic carbocycles. The Bertz CT molecular complexity index is 782. The van der Waals surface area contributed by atoms with Crippen molar-refractivity contribution < 1.29 is 44.3 Å². The van der Waals surface area contributed by atoms with Crippen LogP contribution >= 0.6 is 0 Å². The molecular weight excluding hydrogens is 444 g/mol. The van der Waals surface area contributed by atoms with Gasteiger partial charge >= 0.3 is 12.5 Å². The minimum absolute atomic E-state index is 0.112. The monoisotopic (exact) mass is 465 g/mol. The Hall–Kier alpha value is -2.06. The summed E-state index contributed by atoms with van der Waals surface area (Å²) in [4.78, 5) is 12.4. The third-order valence-corrected chi connectivity index (χ3v) is 4.98. The van der Waals surface area contributed by atoms with E-state index in [9.17, 15) is 39.6 Å². The summed E-state index contributed by atoms with van der Waals surface area (Å²) >= 11 is 0. The molecule has 0 aliphatic carbocycles. The van der Waals surface area contributed by atoms with Crippen LogP contribution in [0.5, 0.6) is 5.75 Å². The number of nitrogens with one attached hydrogen (secondary N) is 2. The molecule has 172 valence electrons. The Balaban J connectivity index is 2.34. The van der Waals surface area contributed by atoms with Crippen molar-refractivity contribution in [2.75, 3.05) is 33.2 Å². The maximum absolute atomic E-state index is 12.2. The number of alkyl halides is 6. The van der Waals surface area contributed by atoms with Crippen molar-refractivity contribution in [1.29, 1.82) is 0 Å². The molecular formula is C16H21F6N3O4S. The first-order chi connectivity index (χ1) is 13.7. The lowest BCUT2D eigenvalue weighted by molar-refractivity contribution is -0.274. The summed E-state index contributed by atoms with van der Waals surface area (Å²) in [6, 6.07) is 3.51. The minimum Gasteiger partial charge on any atom is -0.406 e. The van der Waals surface area contributed by atoms with E-state index in [1.165, 1.54) is 7.05 Å². The quantitative estimate of drug-likeness (QED) is 0.387. The van der Waals surface area contributed by atoms with E-state index < -0.39 is 40.8 Å². The molecule has 0 bridgehead atoms. The smallest absolute Gasteiger partial charge is 0.406 e. The fourth-order valence-corrected chi connectivity index (χ4v) is 3.28. The Morgan fingerprint density at radius 3 is 2.20 bits per heavy atom. The SMILES string of the molecule is CN(CCCNC(=O)CCNS(=O)(=O)c1ccc(OC(F)(F)F)cc1)CC(F)(F)F. The number of nitrogens with zero attached hydrogens (tertiary/aromatic N) is 1. The molecule has 0 fully saturated rings. The number of hydrogen-bond donors (Lipinski definition) is 2. The van der Waals surface area contributed by atoms with Crippen LogP contribution in [0.3, 0.4) is 0 Å². The lowest BCUT2D eigenvalue weighted by Gasteiger charge is -2.18. The van der Waals surface area contributed by atoms with E-state index >= 15 is 0 Å². The van der Waals surface area contributed by atoms with Gasteiger partial charge in [0, 0.05) is 19.5 Å². The zero-order chi connectivity index (χ0) is 23.0. The lowest BCUT2D eigenvalue weighted by Crippen LogP contribution is -2.34. The predicted molar refractivity (Wildman–Crippen MR) is 94.1 cm³/mol. The van der Waals surface area contributed by atoms with E-state index in [-0.39, 0.29) is 37.4 Å². The van der Waals surface area contributed by atoms with Crippen LogP contribution in [0.25, 0.3) is 0 Å². The van der Waals surface area contributed by atoms with Gasteiger partial charge in [-0.25, -0.2) is 13.1 Å². The average molecular weight is 465 g/mol. The molecule has 0 aliphatic heterocycles. The molecule has 0 atom stereocenters. The number of carbonyl (C=O) groups is 1. The maximum Gasteiger partial charge on any atom is 0.573 e. The lowest BCUT2D eigenvalue weighted by atomic mass is 10.3. The van der Waals surface area contributed by atoms with Crippen LogP contribution in [0.2, 0.25) is 0 Å². The topological polar surface area (TPSA) is 87.7 Å². The second kappa shape index (κ2) is 10.8. The maximum atomic E-state index is 12.2. The molecule has 0 radical (unpaired) electrons. The molecule has 0 unspecified atom stereocenters. The van der Waals surface area contributed by atoms with Gasteiger partial charge in [-0.3, -0.25) is 9.69 Å². The number of halogens is 6. The number of rotatable bonds is 11. The standard InChI is InChI=1S/C16H21F6N3O4S/c1-25(11-15(17,18)19)10-2-8-23-14(26)7-9-24-30(27,28)13-5-3-12(4-6-13)29-16(20,21)22/h3-6,24H,2,7-11H2,1H3,(H,23,26). The van der Waals surface area contributed by atoms with E-state index in [2.05, 4.69) is 14.8 Å². The van der Waals surface area contributed by atoms with Crippen molar-refractivity contribution >= 4 is 15.9 Å². The first-order valence-corrected chi connectivity index (χ1v) is 10.0. The largest absolute Gasteiger partial charge is 0.573 e. The van der Waals surface area contributed by atoms with Gasteiger partial charge in [-0.2, -0.15) is 13.2 Å². The van der Waals surface area contributed by atoms with Gasteiger partial charge in [0.05, 0.1) is 11.4 Å². The Morgan fingerprint density at radius 1 is 1.07 bits per heavy atom. The van der Waals surface area contributed by atoms with Crippen molar-refractivity contribution in [1.82, 2.24) is 14.9 Å². The Kier molecular flexibility index (Phi) is 9.36. The molecule has 0 saturated heterocycles. The molecule has 2 N–H and O–H groups in total. The highest BCUT2D eigenvalue weighted by Crippen LogP contribution is 2.23. The van der Waals surface area contributed by atoms with Gasteiger partial charge in [0.15, 0.2) is 0 Å². The first kappa shape index (κ1) is 26.0. The van der Waals surface area contributed by atoms with E-state index in [0.29, 0.717) is 0 Å². The third kappa shape index (κ3) is 11.2. The Labute approximate surface area is 169 Å². The molecule has 1 aromatic rings. The number of hydrogen-bond acceptors (Lipinski definition) is 5. The fraction of sp³-hybridized carbons (Fsp3) is 0.562. The third-order valence-electron chi connectivity index (χ3n) is 3.50. The van der Waals surface area contributed by atoms with Crippen LogP contribution < -0.4 is 14.8 Å². The average Bonchev–Trinajstić information content (AvgIpc) is 2.56. The van der Waals surface area contributed by atoms with Crippen molar-refractivity contribution in [3.8, 4) is 5.75 Å². The molecule has 1 amide bonds. The molecule has 14 heteroatoms. The molecule has 0 heterocycles. The van der Waals surface area contributed by atoms with Crippen LogP contribution in [0.1, 0.15) is 12.8 Å². The number of ether oxygens (including phenoxy) is 1. The van der Waals surface area contributed by atoms with E-state index in [4.69, 9.17) is 0 Å². The molecule has 0 aromatic heterocycles. The summed E-state index contributed by atoms with van der Waals surface area (Å²) in [6.45, 7) is -1.11. The summed E-state index contributed by atoms with van der Waals surface area (Å²) in [5, 5.41) is 2.45. The van der Waals surface area contributed by atoms with Crippen LogP contribution in [0, 0.1) is 0 Å². The highest BCUT2D eigenvalue weighted by atomic mass is 32.2. The summed E-state index contributed by atoms with van der Waals surface area (Å²) in [6.07, 6.45) is -9.16. The van der Waals surface area contributed by atoms with Gasteiger partial charge in [0.1, 0.15) is 5.75 Å². The van der Waals surface area contributed by atoms with Crippen LogP contribution in [0.15, 0.2) is 29.2 Å². The molecule has 0 aliphatic rings. The summed E-state index contributed by atoms with van der Waals surface area (Å²) in [7, 11) is -2.75. The minimum atomic E-state index is -4.90. The zero-order valence-corrected chi connectivity index (χ0v) is 16.6. The van der Waals surface area contributed by atoms with E-state index in [1.807, 2.05) is 0 Å². The van der Waals surface area contributed by atoms with E-state index in [1.54, 1.807) is 0 Å². The normalized spacial score (nSPS) is 12.8. The van der Waals surface area contributed by atoms with Gasteiger partial charge in [-0.05, 0) is 44.3 Å². The zero-order valence-electron chi connectivity index (χ0n) is 15.8. The van der Waals surface area contributed by atoms with Crippen molar-refractivity contribution in [3.63, 3.8) is 0 Å². The van der Waals surface area contributed by atoms with Crippen LogP contribution in [-0.2, 0) is 14.8 Å². The number of benzene rings is 1. The first-order valence-electron chi connectivity index (χ1n) is 8.55.